The number of nitrogens with zero attached hydrogens (tertiary/aromatic N) is 1. The van der Waals surface area contributed by atoms with Gasteiger partial charge in [-0.15, -0.1) is 0 Å². The smallest absolute Gasteiger partial charge is 0.264 e. The third-order valence-electron chi connectivity index (χ3n) is 4.43. The molecule has 8 heteroatoms. The monoisotopic (exact) mass is 399 g/mol. The van der Waals surface area contributed by atoms with E-state index in [1.807, 2.05) is 37.3 Å². The minimum atomic E-state index is -3.96. The molecule has 28 heavy (non-hydrogen) atoms. The normalized spacial score (nSPS) is 17.7. The van der Waals surface area contributed by atoms with Crippen molar-refractivity contribution in [1.29, 1.82) is 0 Å². The summed E-state index contributed by atoms with van der Waals surface area (Å²) in [7, 11) is -3.96. The Balaban J connectivity index is 1.78. The summed E-state index contributed by atoms with van der Waals surface area (Å²) in [5, 5.41) is 5.28. The molecule has 0 aromatic heterocycles. The molecule has 1 heterocycles. The number of sulfonamides is 1. The van der Waals surface area contributed by atoms with Gasteiger partial charge in [0.1, 0.15) is 6.04 Å². The highest BCUT2D eigenvalue weighted by atomic mass is 32.2. The predicted molar refractivity (Wildman–Crippen MR) is 104 cm³/mol. The number of hydrogen-bond acceptors (Lipinski definition) is 4. The van der Waals surface area contributed by atoms with Gasteiger partial charge in [0.05, 0.1) is 17.4 Å². The van der Waals surface area contributed by atoms with Gasteiger partial charge >= 0.3 is 0 Å². The van der Waals surface area contributed by atoms with Gasteiger partial charge in [0, 0.05) is 12.4 Å². The van der Waals surface area contributed by atoms with Crippen molar-refractivity contribution in [3.8, 4) is 0 Å². The highest BCUT2D eigenvalue weighted by Crippen LogP contribution is 2.22. The molecule has 0 fully saturated rings. The molecular formula is C20H21N3O4S. The summed E-state index contributed by atoms with van der Waals surface area (Å²) in [6.45, 7) is 1.83. The molecule has 3 rings (SSSR count). The lowest BCUT2D eigenvalue weighted by molar-refractivity contribution is -0.129. The van der Waals surface area contributed by atoms with E-state index in [-0.39, 0.29) is 17.4 Å². The molecule has 7 nitrogen and oxygen atoms in total. The molecule has 0 radical (unpaired) electrons. The van der Waals surface area contributed by atoms with Crippen molar-refractivity contribution in [2.45, 2.75) is 30.3 Å². The number of rotatable bonds is 6. The Morgan fingerprint density at radius 3 is 2.36 bits per heavy atom. The van der Waals surface area contributed by atoms with Gasteiger partial charge in [-0.3, -0.25) is 13.9 Å². The first-order chi connectivity index (χ1) is 13.4. The van der Waals surface area contributed by atoms with Crippen LogP contribution in [0.4, 0.5) is 0 Å². The average molecular weight is 399 g/mol. The quantitative estimate of drug-likeness (QED) is 0.776. The molecule has 2 atom stereocenters. The number of carbonyl (C=O) groups is 2. The second kappa shape index (κ2) is 8.26. The van der Waals surface area contributed by atoms with Gasteiger partial charge in [-0.05, 0) is 24.6 Å². The fraction of sp³-hybridized carbons (Fsp3) is 0.200. The lowest BCUT2D eigenvalue weighted by Gasteiger charge is -2.31. The zero-order chi connectivity index (χ0) is 20.1. The van der Waals surface area contributed by atoms with Crippen molar-refractivity contribution in [3.63, 3.8) is 0 Å². The van der Waals surface area contributed by atoms with Crippen LogP contribution in [0.2, 0.25) is 0 Å². The van der Waals surface area contributed by atoms with Crippen molar-refractivity contribution in [2.24, 2.45) is 0 Å². The van der Waals surface area contributed by atoms with E-state index in [9.17, 15) is 18.0 Å². The fourth-order valence-electron chi connectivity index (χ4n) is 2.95. The Labute approximate surface area is 164 Å². The minimum Gasteiger partial charge on any atom is -0.350 e. The third kappa shape index (κ3) is 4.23. The summed E-state index contributed by atoms with van der Waals surface area (Å²) in [4.78, 5) is 24.9. The molecule has 2 aromatic rings. The first-order valence-corrected chi connectivity index (χ1v) is 10.2. The minimum absolute atomic E-state index is 0.0532. The fourth-order valence-corrected chi connectivity index (χ4v) is 4.42. The van der Waals surface area contributed by atoms with Gasteiger partial charge < -0.3 is 10.6 Å². The average Bonchev–Trinajstić information content (AvgIpc) is 2.70. The van der Waals surface area contributed by atoms with Crippen LogP contribution in [-0.4, -0.2) is 30.6 Å². The number of amides is 2. The van der Waals surface area contributed by atoms with Crippen molar-refractivity contribution in [2.75, 3.05) is 0 Å². The molecule has 0 spiro atoms. The van der Waals surface area contributed by atoms with E-state index in [1.54, 1.807) is 18.2 Å². The van der Waals surface area contributed by atoms with Crippen LogP contribution in [0.5, 0.6) is 0 Å². The summed E-state index contributed by atoms with van der Waals surface area (Å²) in [6, 6.07) is 15.7. The number of carbonyl (C=O) groups excluding carboxylic acids is 2. The maximum Gasteiger partial charge on any atom is 0.264 e. The Hall–Kier alpha value is -3.13. The largest absolute Gasteiger partial charge is 0.350 e. The molecule has 0 saturated heterocycles. The van der Waals surface area contributed by atoms with E-state index in [0.717, 1.165) is 9.87 Å². The van der Waals surface area contributed by atoms with Crippen molar-refractivity contribution in [3.05, 3.63) is 78.6 Å². The van der Waals surface area contributed by atoms with Crippen LogP contribution in [0, 0.1) is 0 Å². The van der Waals surface area contributed by atoms with E-state index in [4.69, 9.17) is 0 Å². The highest BCUT2D eigenvalue weighted by molar-refractivity contribution is 7.89. The van der Waals surface area contributed by atoms with E-state index in [2.05, 4.69) is 10.6 Å². The highest BCUT2D eigenvalue weighted by Gasteiger charge is 2.37. The van der Waals surface area contributed by atoms with E-state index in [0.29, 0.717) is 0 Å². The van der Waals surface area contributed by atoms with Crippen LogP contribution in [-0.2, 0) is 19.6 Å². The standard InChI is InChI=1S/C20H21N3O4S/c1-15(16-8-4-2-5-9-16)22-19(24)14-18-20(25)21-12-13-23(18)28(26,27)17-10-6-3-7-11-17/h2-13,15,18H,14H2,1H3,(H,21,25)(H,22,24)/t15-,18+/m0/s1. The molecule has 1 aliphatic heterocycles. The molecular weight excluding hydrogens is 378 g/mol. The zero-order valence-electron chi connectivity index (χ0n) is 15.3. The molecule has 146 valence electrons. The van der Waals surface area contributed by atoms with Gasteiger partial charge in [0.2, 0.25) is 11.8 Å². The van der Waals surface area contributed by atoms with Gasteiger partial charge in [-0.25, -0.2) is 8.42 Å². The molecule has 2 aromatic carbocycles. The van der Waals surface area contributed by atoms with Crippen LogP contribution in [0.15, 0.2) is 78.0 Å². The second-order valence-corrected chi connectivity index (χ2v) is 8.24. The molecule has 0 saturated carbocycles. The van der Waals surface area contributed by atoms with Crippen LogP contribution in [0.1, 0.15) is 24.9 Å². The lowest BCUT2D eigenvalue weighted by atomic mass is 10.1. The summed E-state index contributed by atoms with van der Waals surface area (Å²) >= 11 is 0. The third-order valence-corrected chi connectivity index (χ3v) is 6.23. The van der Waals surface area contributed by atoms with Crippen molar-refractivity contribution in [1.82, 2.24) is 14.9 Å². The molecule has 2 amide bonds. The van der Waals surface area contributed by atoms with Gasteiger partial charge in [-0.1, -0.05) is 48.5 Å². The topological polar surface area (TPSA) is 95.6 Å². The molecule has 0 unspecified atom stereocenters. The Kier molecular flexibility index (Phi) is 5.79. The van der Waals surface area contributed by atoms with Crippen molar-refractivity contribution >= 4 is 21.8 Å². The van der Waals surface area contributed by atoms with Crippen LogP contribution >= 0.6 is 0 Å². The SMILES string of the molecule is C[C@H](NC(=O)C[C@@H]1C(=O)NC=CN1S(=O)(=O)c1ccccc1)c1ccccc1. The Morgan fingerprint density at radius 2 is 1.71 bits per heavy atom. The van der Waals surface area contributed by atoms with E-state index in [1.165, 1.54) is 24.5 Å². The van der Waals surface area contributed by atoms with Gasteiger partial charge in [0.15, 0.2) is 0 Å². The van der Waals surface area contributed by atoms with Gasteiger partial charge in [0.25, 0.3) is 10.0 Å². The molecule has 2 N–H and O–H groups in total. The first kappa shape index (κ1) is 19.6. The predicted octanol–water partition coefficient (Wildman–Crippen LogP) is 1.91. The summed E-state index contributed by atoms with van der Waals surface area (Å²) in [6.07, 6.45) is 2.23. The lowest BCUT2D eigenvalue weighted by Crippen LogP contribution is -2.51. The van der Waals surface area contributed by atoms with E-state index < -0.39 is 27.9 Å². The Bertz CT molecular complexity index is 975. The van der Waals surface area contributed by atoms with Gasteiger partial charge in [-0.2, -0.15) is 0 Å². The molecule has 0 bridgehead atoms. The number of hydrogen-bond donors (Lipinski definition) is 2. The Morgan fingerprint density at radius 1 is 1.11 bits per heavy atom. The van der Waals surface area contributed by atoms with Crippen LogP contribution in [0.25, 0.3) is 0 Å². The summed E-state index contributed by atoms with van der Waals surface area (Å²) < 4.78 is 26.8. The molecule has 0 aliphatic carbocycles. The van der Waals surface area contributed by atoms with E-state index >= 15 is 0 Å². The summed E-state index contributed by atoms with van der Waals surface area (Å²) in [5.74, 6) is -0.968. The maximum atomic E-state index is 12.9. The first-order valence-electron chi connectivity index (χ1n) is 8.79. The molecule has 1 aliphatic rings. The number of nitrogens with one attached hydrogen (secondary N) is 2. The van der Waals surface area contributed by atoms with Crippen molar-refractivity contribution < 1.29 is 18.0 Å². The zero-order valence-corrected chi connectivity index (χ0v) is 16.1. The number of benzene rings is 2. The van der Waals surface area contributed by atoms with Crippen LogP contribution in [0.3, 0.4) is 0 Å². The summed E-state index contributed by atoms with van der Waals surface area (Å²) in [5.41, 5.74) is 0.914. The second-order valence-electron chi connectivity index (χ2n) is 6.39. The maximum absolute atomic E-state index is 12.9. The van der Waals surface area contributed by atoms with Crippen LogP contribution < -0.4 is 10.6 Å².